The number of hydrogen-bond donors (Lipinski definition) is 2. The molecule has 0 spiro atoms. The van der Waals surface area contributed by atoms with Crippen LogP contribution in [-0.2, 0) is 33.0 Å². The number of hydrogen-bond acceptors (Lipinski definition) is 9. The van der Waals surface area contributed by atoms with E-state index in [4.69, 9.17) is 10.6 Å². The van der Waals surface area contributed by atoms with Gasteiger partial charge in [0.1, 0.15) is 12.9 Å². The number of nitro groups is 1. The maximum absolute atomic E-state index is 11.1. The smallest absolute Gasteiger partial charge is 0.390 e. The fraction of sp³-hybridized carbons (Fsp3) is 0.700. The average molecular weight is 334 g/mol. The molecule has 0 radical (unpaired) electrons. The third kappa shape index (κ3) is 4.71. The molecule has 1 saturated heterocycles. The fourth-order valence-electron chi connectivity index (χ4n) is 2.07. The summed E-state index contributed by atoms with van der Waals surface area (Å²) in [5, 5.41) is 11.1. The number of nitrogens with zero attached hydrogens (tertiary/aromatic N) is 5. The summed E-state index contributed by atoms with van der Waals surface area (Å²) < 4.78 is 25.4. The molecule has 1 atom stereocenters. The summed E-state index contributed by atoms with van der Waals surface area (Å²) in [5.74, 6) is 4.50. The van der Waals surface area contributed by atoms with Crippen molar-refractivity contribution < 1.29 is 18.2 Å². The Kier molecular flexibility index (Phi) is 6.21. The minimum absolute atomic E-state index is 0.165. The molecule has 1 unspecified atom stereocenters. The van der Waals surface area contributed by atoms with E-state index in [1.54, 1.807) is 6.20 Å². The van der Waals surface area contributed by atoms with Gasteiger partial charge in [0.25, 0.3) is 0 Å². The molecule has 2 N–H and O–H groups in total. The van der Waals surface area contributed by atoms with Gasteiger partial charge >= 0.3 is 5.95 Å². The van der Waals surface area contributed by atoms with Gasteiger partial charge in [-0.05, 0) is 4.92 Å². The van der Waals surface area contributed by atoms with E-state index >= 15 is 0 Å². The van der Waals surface area contributed by atoms with Gasteiger partial charge in [0, 0.05) is 19.5 Å². The molecule has 0 saturated carbocycles. The number of morpholine rings is 1. The van der Waals surface area contributed by atoms with Crippen LogP contribution >= 0.6 is 0 Å². The van der Waals surface area contributed by atoms with E-state index in [2.05, 4.69) is 13.6 Å². The first-order chi connectivity index (χ1) is 10.6. The summed E-state index contributed by atoms with van der Waals surface area (Å²) >= 11 is 0. The van der Waals surface area contributed by atoms with E-state index in [1.807, 2.05) is 4.90 Å². The molecular formula is C10H18N6O5S. The highest BCUT2D eigenvalue weighted by Gasteiger charge is 2.22. The van der Waals surface area contributed by atoms with Crippen LogP contribution in [0.5, 0.6) is 0 Å². The second-order valence-electron chi connectivity index (χ2n) is 4.59. The standard InChI is InChI=1S/C10H18N6O5S/c11-21-22(19)12-2-1-9-7-15(10(13-9)16(17)18)8-14-3-5-20-6-4-14/h7,22H,1-6,8,11H2. The molecule has 0 aromatic carbocycles. The molecular weight excluding hydrogens is 316 g/mol. The summed E-state index contributed by atoms with van der Waals surface area (Å²) in [6, 6.07) is 0. The average Bonchev–Trinajstić information content (AvgIpc) is 2.91. The number of aromatic nitrogens is 2. The van der Waals surface area contributed by atoms with Gasteiger partial charge in [-0.2, -0.15) is 10.2 Å². The number of rotatable bonds is 7. The zero-order valence-electron chi connectivity index (χ0n) is 11.8. The minimum atomic E-state index is -2.24. The van der Waals surface area contributed by atoms with Crippen LogP contribution in [0.1, 0.15) is 5.69 Å². The first-order valence-electron chi connectivity index (χ1n) is 6.62. The predicted octanol–water partition coefficient (Wildman–Crippen LogP) is -0.907. The first-order valence-corrected chi connectivity index (χ1v) is 7.75. The van der Waals surface area contributed by atoms with Crippen LogP contribution in [0, 0.1) is 10.1 Å². The van der Waals surface area contributed by atoms with E-state index in [9.17, 15) is 14.3 Å². The van der Waals surface area contributed by atoms with Crippen molar-refractivity contribution >= 4 is 16.8 Å². The molecule has 12 heteroatoms. The number of ether oxygens (including phenoxy) is 1. The molecule has 0 bridgehead atoms. The Morgan fingerprint density at radius 1 is 1.55 bits per heavy atom. The summed E-state index contributed by atoms with van der Waals surface area (Å²) in [4.78, 5) is 16.6. The summed E-state index contributed by atoms with van der Waals surface area (Å²) in [6.07, 6.45) is 1.93. The summed E-state index contributed by atoms with van der Waals surface area (Å²) in [6.45, 7) is 3.20. The minimum Gasteiger partial charge on any atom is -0.390 e. The lowest BCUT2D eigenvalue weighted by atomic mass is 10.3. The Morgan fingerprint density at radius 2 is 2.27 bits per heavy atom. The monoisotopic (exact) mass is 334 g/mol. The predicted molar refractivity (Wildman–Crippen MR) is 77.1 cm³/mol. The molecule has 1 aromatic heterocycles. The maximum atomic E-state index is 11.1. The van der Waals surface area contributed by atoms with Crippen molar-refractivity contribution in [3.63, 3.8) is 0 Å². The zero-order valence-corrected chi connectivity index (χ0v) is 12.7. The van der Waals surface area contributed by atoms with Crippen LogP contribution < -0.4 is 5.90 Å². The third-order valence-electron chi connectivity index (χ3n) is 3.10. The molecule has 2 rings (SSSR count). The van der Waals surface area contributed by atoms with Gasteiger partial charge in [0.15, 0.2) is 16.6 Å². The van der Waals surface area contributed by atoms with Crippen molar-refractivity contribution in [1.82, 2.24) is 14.5 Å². The normalized spacial score (nSPS) is 17.7. The van der Waals surface area contributed by atoms with Crippen LogP contribution in [0.3, 0.4) is 0 Å². The lowest BCUT2D eigenvalue weighted by molar-refractivity contribution is -0.397. The second kappa shape index (κ2) is 8.14. The fourth-order valence-corrected chi connectivity index (χ4v) is 2.40. The Balaban J connectivity index is 2.04. The number of imidazole rings is 1. The van der Waals surface area contributed by atoms with Gasteiger partial charge in [-0.25, -0.2) is 13.1 Å². The van der Waals surface area contributed by atoms with Gasteiger partial charge in [-0.1, -0.05) is 4.98 Å². The molecule has 11 nitrogen and oxygen atoms in total. The molecule has 124 valence electrons. The van der Waals surface area contributed by atoms with Gasteiger partial charge in [0.2, 0.25) is 0 Å². The van der Waals surface area contributed by atoms with Gasteiger partial charge in [-0.3, -0.25) is 4.90 Å². The molecule has 2 heterocycles. The molecule has 0 amide bonds. The quantitative estimate of drug-likeness (QED) is 0.371. The van der Waals surface area contributed by atoms with Crippen molar-refractivity contribution in [2.24, 2.45) is 10.3 Å². The molecule has 1 fully saturated rings. The maximum Gasteiger partial charge on any atom is 0.435 e. The number of nitrogens with two attached hydrogens (primary N) is 1. The summed E-state index contributed by atoms with van der Waals surface area (Å²) in [5.41, 5.74) is 0.504. The van der Waals surface area contributed by atoms with E-state index in [0.29, 0.717) is 45.1 Å². The van der Waals surface area contributed by atoms with Crippen molar-refractivity contribution in [3.8, 4) is 0 Å². The Bertz CT molecular complexity index is 593. The highest BCUT2D eigenvalue weighted by Crippen LogP contribution is 2.14. The first kappa shape index (κ1) is 16.8. The summed E-state index contributed by atoms with van der Waals surface area (Å²) in [7, 11) is -2.24. The van der Waals surface area contributed by atoms with Crippen LogP contribution in [0.4, 0.5) is 5.95 Å². The molecule has 1 aliphatic rings. The number of thiol groups is 1. The van der Waals surface area contributed by atoms with Gasteiger partial charge < -0.3 is 14.9 Å². The highest BCUT2D eigenvalue weighted by atomic mass is 32.2. The Hall–Kier alpha value is -1.60. The van der Waals surface area contributed by atoms with Crippen LogP contribution in [0.25, 0.3) is 0 Å². The lowest BCUT2D eigenvalue weighted by Gasteiger charge is -2.25. The zero-order chi connectivity index (χ0) is 15.9. The lowest BCUT2D eigenvalue weighted by Crippen LogP contribution is -2.37. The van der Waals surface area contributed by atoms with Crippen molar-refractivity contribution in [2.45, 2.75) is 13.1 Å². The van der Waals surface area contributed by atoms with Crippen molar-refractivity contribution in [2.75, 3.05) is 32.8 Å². The molecule has 1 aliphatic heterocycles. The van der Waals surface area contributed by atoms with Crippen LogP contribution in [-0.4, -0.2) is 56.4 Å². The largest absolute Gasteiger partial charge is 0.435 e. The van der Waals surface area contributed by atoms with Crippen LogP contribution in [0.15, 0.2) is 10.6 Å². The van der Waals surface area contributed by atoms with Crippen LogP contribution in [0.2, 0.25) is 0 Å². The van der Waals surface area contributed by atoms with Crippen molar-refractivity contribution in [3.05, 3.63) is 22.0 Å². The SMILES string of the molecule is NO[SH](=O)=NCCc1cn(CN2CCOCC2)c([N+](=O)[O-])n1. The third-order valence-corrected chi connectivity index (χ3v) is 3.71. The molecule has 0 aliphatic carbocycles. The van der Waals surface area contributed by atoms with Crippen molar-refractivity contribution in [1.29, 1.82) is 0 Å². The van der Waals surface area contributed by atoms with E-state index in [1.165, 1.54) is 4.57 Å². The Morgan fingerprint density at radius 3 is 2.91 bits per heavy atom. The second-order valence-corrected chi connectivity index (χ2v) is 5.56. The van der Waals surface area contributed by atoms with E-state index in [0.717, 1.165) is 0 Å². The molecule has 1 aromatic rings. The van der Waals surface area contributed by atoms with E-state index in [-0.39, 0.29) is 12.5 Å². The van der Waals surface area contributed by atoms with E-state index < -0.39 is 15.8 Å². The Labute approximate surface area is 128 Å². The van der Waals surface area contributed by atoms with Gasteiger partial charge in [-0.15, -0.1) is 0 Å². The molecule has 22 heavy (non-hydrogen) atoms. The topological polar surface area (TPSA) is 138 Å². The highest BCUT2D eigenvalue weighted by molar-refractivity contribution is 7.69. The van der Waals surface area contributed by atoms with Gasteiger partial charge in [0.05, 0.1) is 19.8 Å².